The Kier molecular flexibility index (Phi) is 4.58. The van der Waals surface area contributed by atoms with Gasteiger partial charge in [0.15, 0.2) is 0 Å². The molecule has 1 atom stereocenters. The molecule has 104 valence electrons. The highest BCUT2D eigenvalue weighted by molar-refractivity contribution is 5.96. The van der Waals surface area contributed by atoms with Gasteiger partial charge in [-0.05, 0) is 39.8 Å². The largest absolute Gasteiger partial charge is 0.458 e. The molecule has 5 nitrogen and oxygen atoms in total. The zero-order valence-electron chi connectivity index (χ0n) is 11.4. The molecule has 0 aliphatic carbocycles. The Morgan fingerprint density at radius 3 is 2.47 bits per heavy atom. The normalized spacial score (nSPS) is 12.7. The molecule has 0 aromatic carbocycles. The molecular weight excluding hydrogens is 251 g/mol. The number of nitrogens with zero attached hydrogens (tertiary/aromatic N) is 1. The van der Waals surface area contributed by atoms with Crippen molar-refractivity contribution in [3.63, 3.8) is 0 Å². The van der Waals surface area contributed by atoms with E-state index < -0.39 is 29.5 Å². The van der Waals surface area contributed by atoms with Gasteiger partial charge in [0, 0.05) is 6.20 Å². The first-order chi connectivity index (χ1) is 8.69. The number of ether oxygens (including phenoxy) is 1. The molecule has 1 amide bonds. The average Bonchev–Trinajstić information content (AvgIpc) is 2.27. The molecule has 1 heterocycles. The maximum absolute atomic E-state index is 12.6. The second-order valence-electron chi connectivity index (χ2n) is 5.10. The van der Waals surface area contributed by atoms with Gasteiger partial charge < -0.3 is 10.1 Å². The first-order valence-electron chi connectivity index (χ1n) is 5.84. The van der Waals surface area contributed by atoms with E-state index in [1.165, 1.54) is 13.0 Å². The number of pyridine rings is 1. The third kappa shape index (κ3) is 5.03. The average molecular weight is 268 g/mol. The summed E-state index contributed by atoms with van der Waals surface area (Å²) in [5.74, 6) is -1.71. The van der Waals surface area contributed by atoms with E-state index in [2.05, 4.69) is 10.3 Å². The van der Waals surface area contributed by atoms with E-state index in [1.807, 2.05) is 0 Å². The van der Waals surface area contributed by atoms with Gasteiger partial charge in [0.25, 0.3) is 5.91 Å². The number of halogens is 1. The molecule has 1 rings (SSSR count). The predicted molar refractivity (Wildman–Crippen MR) is 67.0 cm³/mol. The first-order valence-corrected chi connectivity index (χ1v) is 5.84. The number of hydrogen-bond donors (Lipinski definition) is 1. The van der Waals surface area contributed by atoms with Crippen LogP contribution in [0.15, 0.2) is 18.3 Å². The highest BCUT2D eigenvalue weighted by Crippen LogP contribution is 2.08. The maximum atomic E-state index is 12.6. The van der Waals surface area contributed by atoms with Gasteiger partial charge in [-0.15, -0.1) is 0 Å². The molecule has 1 aromatic rings. The lowest BCUT2D eigenvalue weighted by molar-refractivity contribution is -0.156. The van der Waals surface area contributed by atoms with Crippen molar-refractivity contribution in [2.75, 3.05) is 0 Å². The van der Waals surface area contributed by atoms with E-state index >= 15 is 0 Å². The van der Waals surface area contributed by atoms with Gasteiger partial charge in [-0.3, -0.25) is 4.79 Å². The Morgan fingerprint density at radius 2 is 2.00 bits per heavy atom. The van der Waals surface area contributed by atoms with Crippen LogP contribution in [0.25, 0.3) is 0 Å². The second kappa shape index (κ2) is 5.77. The van der Waals surface area contributed by atoms with E-state index in [0.29, 0.717) is 0 Å². The van der Waals surface area contributed by atoms with Crippen LogP contribution in [0, 0.1) is 5.95 Å². The molecule has 0 spiro atoms. The number of rotatable bonds is 3. The number of esters is 1. The van der Waals surface area contributed by atoms with Gasteiger partial charge in [0.05, 0.1) is 5.56 Å². The Balaban J connectivity index is 2.61. The summed E-state index contributed by atoms with van der Waals surface area (Å²) < 4.78 is 17.7. The molecule has 0 aliphatic rings. The molecule has 1 aromatic heterocycles. The van der Waals surface area contributed by atoms with Crippen LogP contribution in [0.1, 0.15) is 38.1 Å². The van der Waals surface area contributed by atoms with Crippen molar-refractivity contribution in [3.05, 3.63) is 29.8 Å². The van der Waals surface area contributed by atoms with Crippen LogP contribution in [0.2, 0.25) is 0 Å². The van der Waals surface area contributed by atoms with Crippen LogP contribution < -0.4 is 5.32 Å². The Morgan fingerprint density at radius 1 is 1.37 bits per heavy atom. The summed E-state index contributed by atoms with van der Waals surface area (Å²) in [7, 11) is 0. The van der Waals surface area contributed by atoms with Crippen LogP contribution in [0.4, 0.5) is 4.39 Å². The standard InChI is InChI=1S/C13H17FN2O3/c1-8(12(18)19-13(2,3)4)16-11(17)9-5-6-10(14)15-7-9/h5-8H,1-4H3,(H,16,17)/t8-/m1/s1. The maximum Gasteiger partial charge on any atom is 0.328 e. The minimum absolute atomic E-state index is 0.178. The molecule has 0 aliphatic heterocycles. The molecule has 6 heteroatoms. The summed E-state index contributed by atoms with van der Waals surface area (Å²) >= 11 is 0. The van der Waals surface area contributed by atoms with Crippen LogP contribution in [0.5, 0.6) is 0 Å². The third-order valence-electron chi connectivity index (χ3n) is 2.10. The summed E-state index contributed by atoms with van der Waals surface area (Å²) in [5.41, 5.74) is -0.440. The molecule has 1 N–H and O–H groups in total. The van der Waals surface area contributed by atoms with Gasteiger partial charge in [0.2, 0.25) is 5.95 Å². The van der Waals surface area contributed by atoms with Crippen molar-refractivity contribution in [1.29, 1.82) is 0 Å². The predicted octanol–water partition coefficient (Wildman–Crippen LogP) is 1.68. The summed E-state index contributed by atoms with van der Waals surface area (Å²) in [4.78, 5) is 26.8. The fraction of sp³-hybridized carbons (Fsp3) is 0.462. The van der Waals surface area contributed by atoms with Crippen molar-refractivity contribution in [1.82, 2.24) is 10.3 Å². The highest BCUT2D eigenvalue weighted by atomic mass is 19.1. The summed E-state index contributed by atoms with van der Waals surface area (Å²) in [6.45, 7) is 6.74. The molecule has 0 saturated heterocycles. The summed E-state index contributed by atoms with van der Waals surface area (Å²) in [6.07, 6.45) is 1.10. The van der Waals surface area contributed by atoms with E-state index in [-0.39, 0.29) is 5.56 Å². The molecule has 0 fully saturated rings. The number of amides is 1. The Hall–Kier alpha value is -1.98. The van der Waals surface area contributed by atoms with Gasteiger partial charge in [0.1, 0.15) is 11.6 Å². The minimum atomic E-state index is -0.795. The summed E-state index contributed by atoms with van der Waals surface area (Å²) in [5, 5.41) is 2.46. The van der Waals surface area contributed by atoms with Crippen LogP contribution in [-0.4, -0.2) is 28.5 Å². The van der Waals surface area contributed by atoms with Crippen LogP contribution in [-0.2, 0) is 9.53 Å². The lowest BCUT2D eigenvalue weighted by Crippen LogP contribution is -2.42. The Labute approximate surface area is 111 Å². The van der Waals surface area contributed by atoms with Gasteiger partial charge in [-0.25, -0.2) is 9.78 Å². The zero-order chi connectivity index (χ0) is 14.6. The molecule has 0 unspecified atom stereocenters. The first kappa shape index (κ1) is 15.1. The van der Waals surface area contributed by atoms with Crippen molar-refractivity contribution in [2.45, 2.75) is 39.3 Å². The summed E-state index contributed by atoms with van der Waals surface area (Å²) in [6, 6.07) is 1.57. The lowest BCUT2D eigenvalue weighted by Gasteiger charge is -2.22. The van der Waals surface area contributed by atoms with Crippen molar-refractivity contribution in [2.24, 2.45) is 0 Å². The highest BCUT2D eigenvalue weighted by Gasteiger charge is 2.23. The van der Waals surface area contributed by atoms with Gasteiger partial charge >= 0.3 is 5.97 Å². The van der Waals surface area contributed by atoms with Crippen LogP contribution in [0.3, 0.4) is 0 Å². The fourth-order valence-corrected chi connectivity index (χ4v) is 1.24. The molecular formula is C13H17FN2O3. The van der Waals surface area contributed by atoms with Crippen LogP contribution >= 0.6 is 0 Å². The molecule has 19 heavy (non-hydrogen) atoms. The number of carbonyl (C=O) groups excluding carboxylic acids is 2. The zero-order valence-corrected chi connectivity index (χ0v) is 11.4. The SMILES string of the molecule is C[C@@H](NC(=O)c1ccc(F)nc1)C(=O)OC(C)(C)C. The minimum Gasteiger partial charge on any atom is -0.458 e. The van der Waals surface area contributed by atoms with E-state index in [9.17, 15) is 14.0 Å². The molecule has 0 saturated carbocycles. The smallest absolute Gasteiger partial charge is 0.328 e. The topological polar surface area (TPSA) is 68.3 Å². The quantitative estimate of drug-likeness (QED) is 0.669. The van der Waals surface area contributed by atoms with E-state index in [0.717, 1.165) is 12.3 Å². The van der Waals surface area contributed by atoms with Crippen molar-refractivity contribution < 1.29 is 18.7 Å². The number of aromatic nitrogens is 1. The Bertz CT molecular complexity index is 466. The van der Waals surface area contributed by atoms with E-state index in [4.69, 9.17) is 4.74 Å². The van der Waals surface area contributed by atoms with E-state index in [1.54, 1.807) is 20.8 Å². The fourth-order valence-electron chi connectivity index (χ4n) is 1.24. The monoisotopic (exact) mass is 268 g/mol. The van der Waals surface area contributed by atoms with Crippen molar-refractivity contribution in [3.8, 4) is 0 Å². The van der Waals surface area contributed by atoms with Gasteiger partial charge in [-0.2, -0.15) is 4.39 Å². The molecule has 0 radical (unpaired) electrons. The third-order valence-corrected chi connectivity index (χ3v) is 2.10. The van der Waals surface area contributed by atoms with Gasteiger partial charge in [-0.1, -0.05) is 0 Å². The van der Waals surface area contributed by atoms with Crippen molar-refractivity contribution >= 4 is 11.9 Å². The molecule has 0 bridgehead atoms. The number of carbonyl (C=O) groups is 2. The lowest BCUT2D eigenvalue weighted by atomic mass is 10.2. The number of nitrogens with one attached hydrogen (secondary N) is 1. The second-order valence-corrected chi connectivity index (χ2v) is 5.10. The number of hydrogen-bond acceptors (Lipinski definition) is 4.